The van der Waals surface area contributed by atoms with E-state index in [4.69, 9.17) is 10.5 Å². The first-order valence-corrected chi connectivity index (χ1v) is 6.27. The van der Waals surface area contributed by atoms with E-state index in [2.05, 4.69) is 5.10 Å². The van der Waals surface area contributed by atoms with Crippen molar-refractivity contribution >= 4 is 11.5 Å². The number of nitrogens with zero attached hydrogens (tertiary/aromatic N) is 3. The molecule has 2 aromatic rings. The van der Waals surface area contributed by atoms with Crippen molar-refractivity contribution in [3.63, 3.8) is 0 Å². The topological polar surface area (TPSA) is 96.2 Å². The van der Waals surface area contributed by atoms with Gasteiger partial charge in [0.25, 0.3) is 5.69 Å². The number of rotatable bonds is 2. The minimum Gasteiger partial charge on any atom is -0.382 e. The summed E-state index contributed by atoms with van der Waals surface area (Å²) in [5.41, 5.74) is 9.39. The summed E-state index contributed by atoms with van der Waals surface area (Å²) >= 11 is 0. The first-order valence-electron chi connectivity index (χ1n) is 6.27. The molecule has 1 aliphatic rings. The van der Waals surface area contributed by atoms with Gasteiger partial charge < -0.3 is 10.5 Å². The van der Waals surface area contributed by atoms with Gasteiger partial charge in [0.2, 0.25) is 0 Å². The highest BCUT2D eigenvalue weighted by molar-refractivity contribution is 5.53. The summed E-state index contributed by atoms with van der Waals surface area (Å²) in [6, 6.07) is 4.73. The molecule has 2 heterocycles. The van der Waals surface area contributed by atoms with Crippen molar-refractivity contribution in [2.45, 2.75) is 20.0 Å². The van der Waals surface area contributed by atoms with Crippen molar-refractivity contribution in [3.8, 4) is 5.69 Å². The van der Waals surface area contributed by atoms with Gasteiger partial charge in [0.1, 0.15) is 0 Å². The van der Waals surface area contributed by atoms with Crippen LogP contribution < -0.4 is 5.73 Å². The predicted octanol–water partition coefficient (Wildman–Crippen LogP) is 1.74. The fourth-order valence-electron chi connectivity index (χ4n) is 2.40. The number of hydrogen-bond donors (Lipinski definition) is 1. The number of hydrogen-bond acceptors (Lipinski definition) is 5. The molecule has 0 bridgehead atoms. The summed E-state index contributed by atoms with van der Waals surface area (Å²) in [6.07, 6.45) is 0.696. The van der Waals surface area contributed by atoms with Gasteiger partial charge in [-0.25, -0.2) is 4.68 Å². The summed E-state index contributed by atoms with van der Waals surface area (Å²) < 4.78 is 7.08. The Labute approximate surface area is 115 Å². The Morgan fingerprint density at radius 1 is 1.50 bits per heavy atom. The van der Waals surface area contributed by atoms with Crippen LogP contribution in [0.25, 0.3) is 5.69 Å². The minimum absolute atomic E-state index is 0.0421. The van der Waals surface area contributed by atoms with Crippen LogP contribution in [0.15, 0.2) is 18.2 Å². The Bertz CT molecular complexity index is 693. The number of nitrogen functional groups attached to an aromatic ring is 1. The third-order valence-corrected chi connectivity index (χ3v) is 3.48. The number of nitrogens with two attached hydrogens (primary N) is 1. The zero-order chi connectivity index (χ0) is 14.3. The van der Waals surface area contributed by atoms with Crippen molar-refractivity contribution in [2.24, 2.45) is 0 Å². The van der Waals surface area contributed by atoms with Gasteiger partial charge in [-0.3, -0.25) is 10.1 Å². The maximum Gasteiger partial charge on any atom is 0.271 e. The first-order chi connectivity index (χ1) is 9.58. The lowest BCUT2D eigenvalue weighted by Crippen LogP contribution is -2.13. The molecule has 0 aliphatic carbocycles. The van der Waals surface area contributed by atoms with Gasteiger partial charge in [-0.1, -0.05) is 6.07 Å². The largest absolute Gasteiger partial charge is 0.382 e. The number of ether oxygens (including phenoxy) is 1. The Kier molecular flexibility index (Phi) is 2.90. The Morgan fingerprint density at radius 2 is 2.30 bits per heavy atom. The fraction of sp³-hybridized carbons (Fsp3) is 0.308. The fourth-order valence-corrected chi connectivity index (χ4v) is 2.40. The molecular weight excluding hydrogens is 260 g/mol. The standard InChI is InChI=1S/C13H14N4O3/c1-8-2-3-9(17(18)19)6-12(8)16-11-4-5-20-7-10(11)13(14)15-16/h2-3,6H,4-5,7H2,1H3,(H2,14,15). The molecule has 1 aromatic carbocycles. The molecule has 0 radical (unpaired) electrons. The van der Waals surface area contributed by atoms with E-state index < -0.39 is 4.92 Å². The van der Waals surface area contributed by atoms with Crippen molar-refractivity contribution in [1.29, 1.82) is 0 Å². The molecule has 7 nitrogen and oxygen atoms in total. The van der Waals surface area contributed by atoms with Crippen molar-refractivity contribution in [3.05, 3.63) is 45.1 Å². The molecule has 2 N–H and O–H groups in total. The monoisotopic (exact) mass is 274 g/mol. The number of fused-ring (bicyclic) bond motifs is 1. The van der Waals surface area contributed by atoms with Crippen LogP contribution in [-0.4, -0.2) is 21.3 Å². The van der Waals surface area contributed by atoms with Crippen LogP contribution in [0.2, 0.25) is 0 Å². The average molecular weight is 274 g/mol. The van der Waals surface area contributed by atoms with Crippen LogP contribution in [0.1, 0.15) is 16.8 Å². The Morgan fingerprint density at radius 3 is 3.05 bits per heavy atom. The summed E-state index contributed by atoms with van der Waals surface area (Å²) in [7, 11) is 0. The average Bonchev–Trinajstić information content (AvgIpc) is 2.77. The molecule has 0 fully saturated rings. The molecule has 0 amide bonds. The molecule has 1 aromatic heterocycles. The van der Waals surface area contributed by atoms with Crippen molar-refractivity contribution in [2.75, 3.05) is 12.3 Å². The predicted molar refractivity (Wildman–Crippen MR) is 72.7 cm³/mol. The van der Waals surface area contributed by atoms with E-state index in [-0.39, 0.29) is 5.69 Å². The van der Waals surface area contributed by atoms with Gasteiger partial charge in [0.15, 0.2) is 5.82 Å². The van der Waals surface area contributed by atoms with Crippen LogP contribution in [0, 0.1) is 17.0 Å². The van der Waals surface area contributed by atoms with Gasteiger partial charge in [0, 0.05) is 24.1 Å². The number of nitro groups is 1. The van der Waals surface area contributed by atoms with Crippen LogP contribution in [-0.2, 0) is 17.8 Å². The van der Waals surface area contributed by atoms with E-state index in [1.807, 2.05) is 6.92 Å². The van der Waals surface area contributed by atoms with Gasteiger partial charge in [-0.05, 0) is 12.5 Å². The third-order valence-electron chi connectivity index (χ3n) is 3.48. The van der Waals surface area contributed by atoms with E-state index in [0.29, 0.717) is 31.1 Å². The van der Waals surface area contributed by atoms with E-state index in [1.54, 1.807) is 10.7 Å². The normalized spacial score (nSPS) is 14.1. The zero-order valence-electron chi connectivity index (χ0n) is 11.0. The quantitative estimate of drug-likeness (QED) is 0.664. The highest BCUT2D eigenvalue weighted by Crippen LogP contribution is 2.28. The van der Waals surface area contributed by atoms with Crippen LogP contribution in [0.5, 0.6) is 0 Å². The second-order valence-electron chi connectivity index (χ2n) is 4.75. The second-order valence-corrected chi connectivity index (χ2v) is 4.75. The van der Waals surface area contributed by atoms with Gasteiger partial charge >= 0.3 is 0 Å². The molecule has 0 saturated carbocycles. The summed E-state index contributed by atoms with van der Waals surface area (Å²) in [4.78, 5) is 10.5. The van der Waals surface area contributed by atoms with Crippen LogP contribution in [0.3, 0.4) is 0 Å². The molecule has 0 unspecified atom stereocenters. The lowest BCUT2D eigenvalue weighted by Gasteiger charge is -2.15. The van der Waals surface area contributed by atoms with Crippen LogP contribution in [0.4, 0.5) is 11.5 Å². The number of non-ortho nitro benzene ring substituents is 1. The van der Waals surface area contributed by atoms with E-state index in [0.717, 1.165) is 16.8 Å². The zero-order valence-corrected chi connectivity index (χ0v) is 11.0. The lowest BCUT2D eigenvalue weighted by atomic mass is 10.1. The molecule has 7 heteroatoms. The van der Waals surface area contributed by atoms with Crippen molar-refractivity contribution in [1.82, 2.24) is 9.78 Å². The second kappa shape index (κ2) is 4.61. The third kappa shape index (κ3) is 1.92. The number of anilines is 1. The van der Waals surface area contributed by atoms with E-state index in [1.165, 1.54) is 12.1 Å². The number of nitro benzene ring substituents is 1. The molecule has 0 spiro atoms. The van der Waals surface area contributed by atoms with Gasteiger partial charge in [0.05, 0.1) is 29.5 Å². The number of aromatic nitrogens is 2. The van der Waals surface area contributed by atoms with Gasteiger partial charge in [-0.15, -0.1) is 0 Å². The maximum atomic E-state index is 10.9. The highest BCUT2D eigenvalue weighted by atomic mass is 16.6. The maximum absolute atomic E-state index is 10.9. The summed E-state index contributed by atoms with van der Waals surface area (Å²) in [5, 5.41) is 15.2. The van der Waals surface area contributed by atoms with E-state index in [9.17, 15) is 10.1 Å². The minimum atomic E-state index is -0.411. The van der Waals surface area contributed by atoms with Gasteiger partial charge in [-0.2, -0.15) is 5.10 Å². The first kappa shape index (κ1) is 12.6. The molecule has 0 saturated heterocycles. The number of aryl methyl sites for hydroxylation is 1. The smallest absolute Gasteiger partial charge is 0.271 e. The Balaban J connectivity index is 2.18. The molecule has 1 aliphatic heterocycles. The Hall–Kier alpha value is -2.41. The summed E-state index contributed by atoms with van der Waals surface area (Å²) in [5.74, 6) is 0.422. The molecular formula is C13H14N4O3. The number of benzene rings is 1. The molecule has 3 rings (SSSR count). The molecule has 0 atom stereocenters. The van der Waals surface area contributed by atoms with Crippen LogP contribution >= 0.6 is 0 Å². The van der Waals surface area contributed by atoms with Crippen molar-refractivity contribution < 1.29 is 9.66 Å². The molecule has 104 valence electrons. The SMILES string of the molecule is Cc1ccc([N+](=O)[O-])cc1-n1nc(N)c2c1CCOC2. The highest BCUT2D eigenvalue weighted by Gasteiger charge is 2.22. The summed E-state index contributed by atoms with van der Waals surface area (Å²) in [6.45, 7) is 2.93. The molecule has 20 heavy (non-hydrogen) atoms. The lowest BCUT2D eigenvalue weighted by molar-refractivity contribution is -0.384. The van der Waals surface area contributed by atoms with E-state index >= 15 is 0 Å².